The maximum Gasteiger partial charge on any atom is 0.191 e. The number of nitrogens with one attached hydrogen (secondary N) is 2. The van der Waals surface area contributed by atoms with Crippen molar-refractivity contribution in [3.05, 3.63) is 30.1 Å². The van der Waals surface area contributed by atoms with E-state index in [4.69, 9.17) is 14.2 Å². The molecule has 0 spiro atoms. The van der Waals surface area contributed by atoms with Crippen LogP contribution in [0.1, 0.15) is 33.1 Å². The summed E-state index contributed by atoms with van der Waals surface area (Å²) in [5, 5.41) is 6.55. The van der Waals surface area contributed by atoms with Gasteiger partial charge in [-0.3, -0.25) is 0 Å². The molecule has 29 heavy (non-hydrogen) atoms. The van der Waals surface area contributed by atoms with Gasteiger partial charge < -0.3 is 24.8 Å². The van der Waals surface area contributed by atoms with E-state index < -0.39 is 0 Å². The fourth-order valence-corrected chi connectivity index (χ4v) is 2.89. The van der Waals surface area contributed by atoms with E-state index in [0.717, 1.165) is 64.7 Å². The molecule has 8 heteroatoms. The summed E-state index contributed by atoms with van der Waals surface area (Å²) in [6.07, 6.45) is 3.03. The van der Waals surface area contributed by atoms with Gasteiger partial charge in [0.2, 0.25) is 0 Å². The van der Waals surface area contributed by atoms with Gasteiger partial charge in [-0.2, -0.15) is 0 Å². The molecule has 0 aliphatic carbocycles. The van der Waals surface area contributed by atoms with Crippen molar-refractivity contribution in [1.82, 2.24) is 10.6 Å². The van der Waals surface area contributed by atoms with Gasteiger partial charge in [0.25, 0.3) is 0 Å². The Balaban J connectivity index is 0.00000420. The van der Waals surface area contributed by atoms with E-state index in [0.29, 0.717) is 18.2 Å². The predicted octanol–water partition coefficient (Wildman–Crippen LogP) is 3.60. The summed E-state index contributed by atoms with van der Waals surface area (Å²) in [5.41, 5.74) is 0. The summed E-state index contributed by atoms with van der Waals surface area (Å²) in [6, 6.07) is 6.03. The standard InChI is InChI=1S/C21H34FN3O3.HI/c1-3-23-21(24-11-4-12-27-16-18-9-13-26-14-10-18)25-15-17(2)28-20-7-5-19(22)6-8-20;/h5-8,17-18H,3-4,9-16H2,1-2H3,(H2,23,24,25);1H. The first kappa shape index (κ1) is 25.9. The third kappa shape index (κ3) is 11.6. The van der Waals surface area contributed by atoms with Crippen LogP contribution in [0.25, 0.3) is 0 Å². The molecule has 1 unspecified atom stereocenters. The van der Waals surface area contributed by atoms with Crippen molar-refractivity contribution < 1.29 is 18.6 Å². The lowest BCUT2D eigenvalue weighted by Gasteiger charge is -2.21. The van der Waals surface area contributed by atoms with Crippen molar-refractivity contribution in [2.45, 2.75) is 39.2 Å². The van der Waals surface area contributed by atoms with Crippen LogP contribution in [0.3, 0.4) is 0 Å². The van der Waals surface area contributed by atoms with Crippen LogP contribution in [0.2, 0.25) is 0 Å². The number of benzene rings is 1. The fraction of sp³-hybridized carbons (Fsp3) is 0.667. The van der Waals surface area contributed by atoms with Gasteiger partial charge in [-0.25, -0.2) is 9.38 Å². The molecule has 0 saturated carbocycles. The molecule has 166 valence electrons. The minimum atomic E-state index is -0.270. The van der Waals surface area contributed by atoms with Crippen LogP contribution in [-0.4, -0.2) is 58.1 Å². The number of ether oxygens (including phenoxy) is 3. The smallest absolute Gasteiger partial charge is 0.191 e. The summed E-state index contributed by atoms with van der Waals surface area (Å²) >= 11 is 0. The van der Waals surface area contributed by atoms with Gasteiger partial charge in [-0.05, 0) is 63.3 Å². The summed E-state index contributed by atoms with van der Waals surface area (Å²) in [7, 11) is 0. The molecule has 2 rings (SSSR count). The maximum atomic E-state index is 12.9. The van der Waals surface area contributed by atoms with Crippen molar-refractivity contribution in [3.8, 4) is 5.75 Å². The molecule has 1 aliphatic rings. The van der Waals surface area contributed by atoms with E-state index >= 15 is 0 Å². The second-order valence-corrected chi connectivity index (χ2v) is 7.01. The topological polar surface area (TPSA) is 64.1 Å². The molecule has 1 saturated heterocycles. The van der Waals surface area contributed by atoms with E-state index in [1.165, 1.54) is 12.1 Å². The Kier molecular flexibility index (Phi) is 14.0. The van der Waals surface area contributed by atoms with Crippen molar-refractivity contribution in [2.24, 2.45) is 10.9 Å². The van der Waals surface area contributed by atoms with Crippen molar-refractivity contribution in [3.63, 3.8) is 0 Å². The van der Waals surface area contributed by atoms with Crippen molar-refractivity contribution in [2.75, 3.05) is 46.1 Å². The monoisotopic (exact) mass is 523 g/mol. The second-order valence-electron chi connectivity index (χ2n) is 7.01. The number of hydrogen-bond acceptors (Lipinski definition) is 4. The molecule has 0 bridgehead atoms. The molecule has 2 N–H and O–H groups in total. The Morgan fingerprint density at radius 1 is 1.24 bits per heavy atom. The molecule has 1 aliphatic heterocycles. The molecule has 1 fully saturated rings. The minimum absolute atomic E-state index is 0. The second kappa shape index (κ2) is 15.7. The Morgan fingerprint density at radius 2 is 1.97 bits per heavy atom. The molecule has 1 aromatic carbocycles. The van der Waals surface area contributed by atoms with Gasteiger partial charge in [0, 0.05) is 39.5 Å². The lowest BCUT2D eigenvalue weighted by Crippen LogP contribution is -2.38. The van der Waals surface area contributed by atoms with Crippen molar-refractivity contribution in [1.29, 1.82) is 0 Å². The van der Waals surface area contributed by atoms with Gasteiger partial charge in [0.15, 0.2) is 5.96 Å². The molecule has 1 aromatic rings. The van der Waals surface area contributed by atoms with Gasteiger partial charge in [0.05, 0.1) is 6.54 Å². The van der Waals surface area contributed by atoms with E-state index in [1.807, 2.05) is 13.8 Å². The highest BCUT2D eigenvalue weighted by Gasteiger charge is 2.13. The Hall–Kier alpha value is -1.13. The molecular formula is C21H35FIN3O3. The first-order valence-corrected chi connectivity index (χ1v) is 10.3. The first-order chi connectivity index (χ1) is 13.7. The van der Waals surface area contributed by atoms with Gasteiger partial charge >= 0.3 is 0 Å². The summed E-state index contributed by atoms with van der Waals surface area (Å²) in [4.78, 5) is 4.56. The zero-order valence-corrected chi connectivity index (χ0v) is 19.8. The number of aliphatic imine (C=N–C) groups is 1. The summed E-state index contributed by atoms with van der Waals surface area (Å²) < 4.78 is 29.8. The average Bonchev–Trinajstić information content (AvgIpc) is 2.71. The van der Waals surface area contributed by atoms with Gasteiger partial charge in [-0.1, -0.05) is 0 Å². The van der Waals surface area contributed by atoms with E-state index in [1.54, 1.807) is 12.1 Å². The summed E-state index contributed by atoms with van der Waals surface area (Å²) in [6.45, 7) is 9.37. The van der Waals surface area contributed by atoms with Gasteiger partial charge in [0.1, 0.15) is 17.7 Å². The molecular weight excluding hydrogens is 488 g/mol. The number of guanidine groups is 1. The Morgan fingerprint density at radius 3 is 2.66 bits per heavy atom. The molecule has 0 aromatic heterocycles. The molecule has 6 nitrogen and oxygen atoms in total. The predicted molar refractivity (Wildman–Crippen MR) is 125 cm³/mol. The van der Waals surface area contributed by atoms with Crippen LogP contribution in [0.5, 0.6) is 5.75 Å². The number of hydrogen-bond donors (Lipinski definition) is 2. The first-order valence-electron chi connectivity index (χ1n) is 10.3. The highest BCUT2D eigenvalue weighted by Crippen LogP contribution is 2.15. The van der Waals surface area contributed by atoms with Crippen LogP contribution in [-0.2, 0) is 9.47 Å². The molecule has 1 atom stereocenters. The lowest BCUT2D eigenvalue weighted by molar-refractivity contribution is 0.0203. The van der Waals surface area contributed by atoms with Crippen molar-refractivity contribution >= 4 is 29.9 Å². The Labute approximate surface area is 191 Å². The van der Waals surface area contributed by atoms with Crippen LogP contribution in [0.4, 0.5) is 4.39 Å². The lowest BCUT2D eigenvalue weighted by atomic mass is 10.0. The molecule has 0 radical (unpaired) electrons. The van der Waals surface area contributed by atoms with Crippen LogP contribution < -0.4 is 15.4 Å². The quantitative estimate of drug-likeness (QED) is 0.201. The van der Waals surface area contributed by atoms with Crippen LogP contribution in [0.15, 0.2) is 29.3 Å². The Bertz CT molecular complexity index is 569. The van der Waals surface area contributed by atoms with Crippen LogP contribution in [0, 0.1) is 11.7 Å². The number of nitrogens with zero attached hydrogens (tertiary/aromatic N) is 1. The third-order valence-electron chi connectivity index (χ3n) is 4.45. The van der Waals surface area contributed by atoms with E-state index in [2.05, 4.69) is 15.6 Å². The van der Waals surface area contributed by atoms with E-state index in [-0.39, 0.29) is 35.9 Å². The zero-order valence-electron chi connectivity index (χ0n) is 17.5. The fourth-order valence-electron chi connectivity index (χ4n) is 2.89. The normalized spacial score (nSPS) is 16.0. The van der Waals surface area contributed by atoms with Gasteiger partial charge in [-0.15, -0.1) is 24.0 Å². The largest absolute Gasteiger partial charge is 0.489 e. The summed E-state index contributed by atoms with van der Waals surface area (Å²) in [5.74, 6) is 1.78. The molecule has 1 heterocycles. The minimum Gasteiger partial charge on any atom is -0.489 e. The molecule has 0 amide bonds. The maximum absolute atomic E-state index is 12.9. The third-order valence-corrected chi connectivity index (χ3v) is 4.45. The van der Waals surface area contributed by atoms with E-state index in [9.17, 15) is 4.39 Å². The zero-order chi connectivity index (χ0) is 20.0. The van der Waals surface area contributed by atoms with Crippen LogP contribution >= 0.6 is 24.0 Å². The highest BCUT2D eigenvalue weighted by atomic mass is 127. The number of halogens is 2. The SMILES string of the molecule is CCNC(=NCC(C)Oc1ccc(F)cc1)NCCCOCC1CCOCC1.I. The average molecular weight is 523 g/mol. The number of rotatable bonds is 11. The highest BCUT2D eigenvalue weighted by molar-refractivity contribution is 14.0.